The molecule has 0 saturated heterocycles. The van der Waals surface area contributed by atoms with E-state index in [1.54, 1.807) is 0 Å². The maximum atomic E-state index is 6.49. The van der Waals surface area contributed by atoms with Crippen LogP contribution < -0.4 is 5.73 Å². The molecule has 0 aromatic rings. The molecule has 2 heteroatoms. The molecule has 0 spiro atoms. The molecular formula is C16H33NO. The lowest BCUT2D eigenvalue weighted by molar-refractivity contribution is -0.0943. The first-order valence-corrected chi connectivity index (χ1v) is 8.04. The van der Waals surface area contributed by atoms with Crippen molar-refractivity contribution in [3.8, 4) is 0 Å². The maximum absolute atomic E-state index is 6.49. The quantitative estimate of drug-likeness (QED) is 0.657. The molecule has 0 bridgehead atoms. The average Bonchev–Trinajstić information content (AvgIpc) is 2.34. The molecule has 1 saturated carbocycles. The summed E-state index contributed by atoms with van der Waals surface area (Å²) in [6.45, 7) is 7.50. The molecule has 0 amide bonds. The highest BCUT2D eigenvalue weighted by atomic mass is 16.5. The minimum absolute atomic E-state index is 0.0152. The van der Waals surface area contributed by atoms with Crippen molar-refractivity contribution in [3.05, 3.63) is 0 Å². The molecular weight excluding hydrogens is 222 g/mol. The van der Waals surface area contributed by atoms with Gasteiger partial charge in [-0.25, -0.2) is 0 Å². The molecule has 3 unspecified atom stereocenters. The van der Waals surface area contributed by atoms with Gasteiger partial charge in [0.2, 0.25) is 0 Å². The third-order valence-electron chi connectivity index (χ3n) is 4.47. The van der Waals surface area contributed by atoms with Gasteiger partial charge in [0, 0.05) is 12.6 Å². The van der Waals surface area contributed by atoms with E-state index in [4.69, 9.17) is 10.5 Å². The predicted octanol–water partition coefficient (Wildman–Crippen LogP) is 4.27. The van der Waals surface area contributed by atoms with Crippen molar-refractivity contribution in [1.82, 2.24) is 0 Å². The highest BCUT2D eigenvalue weighted by Gasteiger charge is 2.40. The Balaban J connectivity index is 2.48. The van der Waals surface area contributed by atoms with Gasteiger partial charge in [0.1, 0.15) is 0 Å². The van der Waals surface area contributed by atoms with Crippen LogP contribution in [-0.4, -0.2) is 18.2 Å². The summed E-state index contributed by atoms with van der Waals surface area (Å²) < 4.78 is 6.13. The van der Waals surface area contributed by atoms with Crippen LogP contribution in [0.5, 0.6) is 0 Å². The zero-order valence-corrected chi connectivity index (χ0v) is 12.7. The lowest BCUT2D eigenvalue weighted by atomic mass is 9.73. The molecule has 0 aromatic carbocycles. The van der Waals surface area contributed by atoms with Crippen LogP contribution in [0.15, 0.2) is 0 Å². The van der Waals surface area contributed by atoms with E-state index in [9.17, 15) is 0 Å². The Hall–Kier alpha value is -0.0800. The van der Waals surface area contributed by atoms with Crippen LogP contribution in [-0.2, 0) is 4.74 Å². The van der Waals surface area contributed by atoms with E-state index in [1.165, 1.54) is 44.9 Å². The van der Waals surface area contributed by atoms with Crippen molar-refractivity contribution in [1.29, 1.82) is 0 Å². The number of ether oxygens (including phenoxy) is 1. The fourth-order valence-corrected chi connectivity index (χ4v) is 3.46. The van der Waals surface area contributed by atoms with Crippen LogP contribution in [0.1, 0.15) is 78.6 Å². The maximum Gasteiger partial charge on any atom is 0.0835 e. The Morgan fingerprint density at radius 2 is 2.06 bits per heavy atom. The number of nitrogens with two attached hydrogens (primary N) is 1. The van der Waals surface area contributed by atoms with Crippen LogP contribution in [0.2, 0.25) is 0 Å². The van der Waals surface area contributed by atoms with Crippen molar-refractivity contribution in [3.63, 3.8) is 0 Å². The number of hydrogen-bond donors (Lipinski definition) is 1. The highest BCUT2D eigenvalue weighted by molar-refractivity contribution is 4.95. The van der Waals surface area contributed by atoms with Crippen molar-refractivity contribution < 1.29 is 4.74 Å². The van der Waals surface area contributed by atoms with E-state index in [0.717, 1.165) is 25.4 Å². The molecule has 2 N–H and O–H groups in total. The summed E-state index contributed by atoms with van der Waals surface area (Å²) in [5.74, 6) is 0.770. The Bertz CT molecular complexity index is 215. The predicted molar refractivity (Wildman–Crippen MR) is 78.7 cm³/mol. The van der Waals surface area contributed by atoms with Gasteiger partial charge in [0.25, 0.3) is 0 Å². The average molecular weight is 255 g/mol. The second-order valence-electron chi connectivity index (χ2n) is 6.16. The number of hydrogen-bond acceptors (Lipinski definition) is 2. The van der Waals surface area contributed by atoms with E-state index >= 15 is 0 Å². The zero-order chi connectivity index (χ0) is 13.4. The van der Waals surface area contributed by atoms with E-state index in [0.29, 0.717) is 0 Å². The Morgan fingerprint density at radius 1 is 1.28 bits per heavy atom. The SMILES string of the molecule is CCCCCCC(N)C1(OCC)CCCC(C)C1. The first-order chi connectivity index (χ1) is 8.64. The van der Waals surface area contributed by atoms with Gasteiger partial charge < -0.3 is 10.5 Å². The van der Waals surface area contributed by atoms with Gasteiger partial charge in [0.05, 0.1) is 5.60 Å². The zero-order valence-electron chi connectivity index (χ0n) is 12.7. The molecule has 3 atom stereocenters. The van der Waals surface area contributed by atoms with Gasteiger partial charge in [-0.1, -0.05) is 52.4 Å². The first-order valence-electron chi connectivity index (χ1n) is 8.04. The first kappa shape index (κ1) is 16.0. The third-order valence-corrected chi connectivity index (χ3v) is 4.47. The fraction of sp³-hybridized carbons (Fsp3) is 1.00. The summed E-state index contributed by atoms with van der Waals surface area (Å²) in [6.07, 6.45) is 11.3. The van der Waals surface area contributed by atoms with Crippen LogP contribution >= 0.6 is 0 Å². The molecule has 0 radical (unpaired) electrons. The highest BCUT2D eigenvalue weighted by Crippen LogP contribution is 2.38. The normalized spacial score (nSPS) is 30.3. The van der Waals surface area contributed by atoms with Crippen molar-refractivity contribution in [2.45, 2.75) is 90.2 Å². The van der Waals surface area contributed by atoms with Gasteiger partial charge in [-0.3, -0.25) is 0 Å². The molecule has 1 fully saturated rings. The number of rotatable bonds is 8. The fourth-order valence-electron chi connectivity index (χ4n) is 3.46. The van der Waals surface area contributed by atoms with Crippen LogP contribution in [0.3, 0.4) is 0 Å². The molecule has 0 heterocycles. The van der Waals surface area contributed by atoms with Gasteiger partial charge in [-0.15, -0.1) is 0 Å². The Morgan fingerprint density at radius 3 is 2.67 bits per heavy atom. The van der Waals surface area contributed by atoms with E-state index in [2.05, 4.69) is 20.8 Å². The van der Waals surface area contributed by atoms with Crippen molar-refractivity contribution in [2.24, 2.45) is 11.7 Å². The summed E-state index contributed by atoms with van der Waals surface area (Å²) in [5.41, 5.74) is 6.47. The van der Waals surface area contributed by atoms with Crippen LogP contribution in [0.4, 0.5) is 0 Å². The third kappa shape index (κ3) is 4.55. The summed E-state index contributed by atoms with van der Waals surface area (Å²) in [7, 11) is 0. The van der Waals surface area contributed by atoms with Crippen molar-refractivity contribution in [2.75, 3.05) is 6.61 Å². The lowest BCUT2D eigenvalue weighted by Gasteiger charge is -2.44. The minimum Gasteiger partial charge on any atom is -0.374 e. The largest absolute Gasteiger partial charge is 0.374 e. The molecule has 108 valence electrons. The van der Waals surface area contributed by atoms with E-state index in [1.807, 2.05) is 0 Å². The van der Waals surface area contributed by atoms with Gasteiger partial charge in [0.15, 0.2) is 0 Å². The van der Waals surface area contributed by atoms with Gasteiger partial charge in [-0.2, -0.15) is 0 Å². The summed E-state index contributed by atoms with van der Waals surface area (Å²) in [6, 6.07) is 0.233. The Kier molecular flexibility index (Phi) is 7.25. The molecule has 1 aliphatic rings. The van der Waals surface area contributed by atoms with E-state index < -0.39 is 0 Å². The monoisotopic (exact) mass is 255 g/mol. The Labute approximate surface area is 114 Å². The molecule has 1 aliphatic carbocycles. The second-order valence-corrected chi connectivity index (χ2v) is 6.16. The van der Waals surface area contributed by atoms with E-state index in [-0.39, 0.29) is 11.6 Å². The minimum atomic E-state index is -0.0152. The molecule has 0 aromatic heterocycles. The molecule has 1 rings (SSSR count). The molecule has 2 nitrogen and oxygen atoms in total. The standard InChI is InChI=1S/C16H33NO/c1-4-6-7-8-11-15(17)16(18-5-2)12-9-10-14(3)13-16/h14-15H,4-13,17H2,1-3H3. The van der Waals surface area contributed by atoms with Crippen molar-refractivity contribution >= 4 is 0 Å². The van der Waals surface area contributed by atoms with Gasteiger partial charge in [-0.05, 0) is 32.1 Å². The second kappa shape index (κ2) is 8.16. The summed E-state index contributed by atoms with van der Waals surface area (Å²) in [5, 5.41) is 0. The summed E-state index contributed by atoms with van der Waals surface area (Å²) in [4.78, 5) is 0. The van der Waals surface area contributed by atoms with Crippen LogP contribution in [0, 0.1) is 5.92 Å². The smallest absolute Gasteiger partial charge is 0.0835 e. The number of unbranched alkanes of at least 4 members (excludes halogenated alkanes) is 3. The topological polar surface area (TPSA) is 35.2 Å². The van der Waals surface area contributed by atoms with Gasteiger partial charge >= 0.3 is 0 Å². The summed E-state index contributed by atoms with van der Waals surface area (Å²) >= 11 is 0. The van der Waals surface area contributed by atoms with Crippen LogP contribution in [0.25, 0.3) is 0 Å². The molecule has 18 heavy (non-hydrogen) atoms. The molecule has 0 aliphatic heterocycles. The lowest BCUT2D eigenvalue weighted by Crippen LogP contribution is -2.52.